The van der Waals surface area contributed by atoms with Crippen LogP contribution in [-0.2, 0) is 0 Å². The molecule has 3 heteroatoms. The van der Waals surface area contributed by atoms with Gasteiger partial charge in [0.25, 0.3) is 0 Å². The van der Waals surface area contributed by atoms with Gasteiger partial charge < -0.3 is 10.4 Å². The first-order valence-electron chi connectivity index (χ1n) is 7.78. The van der Waals surface area contributed by atoms with Gasteiger partial charge in [0, 0.05) is 17.4 Å². The van der Waals surface area contributed by atoms with Gasteiger partial charge in [0.05, 0.1) is 11.9 Å². The molecule has 3 nitrogen and oxygen atoms in total. The normalized spacial score (nSPS) is 10.7. The fourth-order valence-electron chi connectivity index (χ4n) is 2.79. The summed E-state index contributed by atoms with van der Waals surface area (Å²) in [4.78, 5) is 4.31. The molecule has 0 unspecified atom stereocenters. The maximum absolute atomic E-state index is 9.64. The smallest absolute Gasteiger partial charge is 0.116 e. The molecule has 3 aromatic carbocycles. The van der Waals surface area contributed by atoms with Gasteiger partial charge in [0.2, 0.25) is 0 Å². The van der Waals surface area contributed by atoms with Crippen LogP contribution in [0.4, 0.5) is 11.4 Å². The molecule has 0 spiro atoms. The first kappa shape index (κ1) is 14.3. The average molecular weight is 312 g/mol. The van der Waals surface area contributed by atoms with E-state index in [0.29, 0.717) is 0 Å². The lowest BCUT2D eigenvalue weighted by molar-refractivity contribution is 0.475. The summed E-state index contributed by atoms with van der Waals surface area (Å²) in [5, 5.41) is 15.5. The van der Waals surface area contributed by atoms with E-state index in [2.05, 4.69) is 40.6 Å². The number of nitrogens with zero attached hydrogens (tertiary/aromatic N) is 1. The Balaban J connectivity index is 1.65. The van der Waals surface area contributed by atoms with Crippen LogP contribution >= 0.6 is 0 Å². The average Bonchev–Trinajstić information content (AvgIpc) is 2.62. The van der Waals surface area contributed by atoms with Crippen LogP contribution in [0.25, 0.3) is 21.9 Å². The molecular formula is C21H16N2O. The largest absolute Gasteiger partial charge is 0.508 e. The van der Waals surface area contributed by atoms with E-state index in [1.54, 1.807) is 24.5 Å². The van der Waals surface area contributed by atoms with E-state index in [1.165, 1.54) is 10.8 Å². The minimum absolute atomic E-state index is 0.250. The number of hydrogen-bond acceptors (Lipinski definition) is 3. The summed E-state index contributed by atoms with van der Waals surface area (Å²) in [5.41, 5.74) is 3.82. The van der Waals surface area contributed by atoms with Crippen molar-refractivity contribution >= 4 is 22.1 Å². The number of aromatic hydroxyl groups is 1. The Hall–Kier alpha value is -3.33. The fraction of sp³-hybridized carbons (Fsp3) is 0. The van der Waals surface area contributed by atoms with Crippen LogP contribution in [0.2, 0.25) is 0 Å². The van der Waals surface area contributed by atoms with E-state index in [4.69, 9.17) is 0 Å². The standard InChI is InChI=1S/C21H16N2O/c24-21-7-3-6-17(12-21)18-11-20(14-22-13-18)23-19-9-8-15-4-1-2-5-16(15)10-19/h1-14,23-24H. The van der Waals surface area contributed by atoms with Crippen molar-refractivity contribution in [1.82, 2.24) is 4.98 Å². The van der Waals surface area contributed by atoms with E-state index in [0.717, 1.165) is 22.5 Å². The number of rotatable bonds is 3. The van der Waals surface area contributed by atoms with Crippen molar-refractivity contribution in [1.29, 1.82) is 0 Å². The number of anilines is 2. The highest BCUT2D eigenvalue weighted by Crippen LogP contribution is 2.27. The Morgan fingerprint density at radius 3 is 2.42 bits per heavy atom. The third kappa shape index (κ3) is 2.92. The van der Waals surface area contributed by atoms with Crippen molar-refractivity contribution in [3.63, 3.8) is 0 Å². The van der Waals surface area contributed by atoms with Crippen LogP contribution < -0.4 is 5.32 Å². The molecule has 0 aliphatic carbocycles. The highest BCUT2D eigenvalue weighted by atomic mass is 16.3. The van der Waals surface area contributed by atoms with Crippen LogP contribution in [0.15, 0.2) is 85.2 Å². The van der Waals surface area contributed by atoms with Crippen molar-refractivity contribution in [2.24, 2.45) is 0 Å². The molecule has 2 N–H and O–H groups in total. The second-order valence-corrected chi connectivity index (χ2v) is 5.70. The van der Waals surface area contributed by atoms with E-state index in [-0.39, 0.29) is 5.75 Å². The molecule has 0 saturated carbocycles. The molecule has 1 heterocycles. The fourth-order valence-corrected chi connectivity index (χ4v) is 2.79. The Bertz CT molecular complexity index is 1010. The second-order valence-electron chi connectivity index (χ2n) is 5.70. The summed E-state index contributed by atoms with van der Waals surface area (Å²) in [6.45, 7) is 0. The van der Waals surface area contributed by atoms with Gasteiger partial charge in [-0.3, -0.25) is 4.98 Å². The van der Waals surface area contributed by atoms with Gasteiger partial charge in [-0.1, -0.05) is 42.5 Å². The molecule has 0 aliphatic rings. The van der Waals surface area contributed by atoms with Crippen LogP contribution in [0.5, 0.6) is 5.75 Å². The van der Waals surface area contributed by atoms with Crippen LogP contribution in [0.3, 0.4) is 0 Å². The molecule has 0 aliphatic heterocycles. The number of nitrogens with one attached hydrogen (secondary N) is 1. The number of fused-ring (bicyclic) bond motifs is 1. The van der Waals surface area contributed by atoms with E-state index in [1.807, 2.05) is 30.3 Å². The Labute approximate surface area is 140 Å². The molecule has 0 fully saturated rings. The Morgan fingerprint density at radius 1 is 0.667 bits per heavy atom. The first-order valence-corrected chi connectivity index (χ1v) is 7.78. The molecule has 0 radical (unpaired) electrons. The summed E-state index contributed by atoms with van der Waals surface area (Å²) < 4.78 is 0. The summed E-state index contributed by atoms with van der Waals surface area (Å²) in [7, 11) is 0. The van der Waals surface area contributed by atoms with Gasteiger partial charge in [0.1, 0.15) is 5.75 Å². The molecule has 116 valence electrons. The predicted molar refractivity (Wildman–Crippen MR) is 98.6 cm³/mol. The summed E-state index contributed by atoms with van der Waals surface area (Å²) in [6, 6.07) is 23.8. The molecule has 0 bridgehead atoms. The molecule has 0 saturated heterocycles. The van der Waals surface area contributed by atoms with Crippen LogP contribution in [0, 0.1) is 0 Å². The Morgan fingerprint density at radius 2 is 1.54 bits per heavy atom. The van der Waals surface area contributed by atoms with Gasteiger partial charge in [-0.05, 0) is 46.7 Å². The quantitative estimate of drug-likeness (QED) is 0.536. The summed E-state index contributed by atoms with van der Waals surface area (Å²) in [5.74, 6) is 0.250. The Kier molecular flexibility index (Phi) is 3.60. The van der Waals surface area contributed by atoms with Crippen molar-refractivity contribution in [2.45, 2.75) is 0 Å². The third-order valence-corrected chi connectivity index (χ3v) is 3.96. The molecule has 4 aromatic rings. The van der Waals surface area contributed by atoms with Crippen molar-refractivity contribution in [2.75, 3.05) is 5.32 Å². The van der Waals surface area contributed by atoms with Gasteiger partial charge in [-0.15, -0.1) is 0 Å². The van der Waals surface area contributed by atoms with Crippen molar-refractivity contribution < 1.29 is 5.11 Å². The molecular weight excluding hydrogens is 296 g/mol. The maximum Gasteiger partial charge on any atom is 0.116 e. The zero-order chi connectivity index (χ0) is 16.4. The minimum atomic E-state index is 0.250. The van der Waals surface area contributed by atoms with Gasteiger partial charge in [0.15, 0.2) is 0 Å². The minimum Gasteiger partial charge on any atom is -0.508 e. The predicted octanol–water partition coefficient (Wildman–Crippen LogP) is 5.35. The highest BCUT2D eigenvalue weighted by molar-refractivity contribution is 5.86. The zero-order valence-electron chi connectivity index (χ0n) is 13.0. The SMILES string of the molecule is Oc1cccc(-c2cncc(Nc3ccc4ccccc4c3)c2)c1. The second kappa shape index (κ2) is 6.05. The van der Waals surface area contributed by atoms with Gasteiger partial charge in [-0.25, -0.2) is 0 Å². The van der Waals surface area contributed by atoms with Crippen LogP contribution in [0.1, 0.15) is 0 Å². The van der Waals surface area contributed by atoms with E-state index in [9.17, 15) is 5.11 Å². The van der Waals surface area contributed by atoms with E-state index >= 15 is 0 Å². The van der Waals surface area contributed by atoms with Crippen LogP contribution in [-0.4, -0.2) is 10.1 Å². The van der Waals surface area contributed by atoms with Gasteiger partial charge in [-0.2, -0.15) is 0 Å². The number of hydrogen-bond donors (Lipinski definition) is 2. The lowest BCUT2D eigenvalue weighted by atomic mass is 10.1. The van der Waals surface area contributed by atoms with Gasteiger partial charge >= 0.3 is 0 Å². The molecule has 4 rings (SSSR count). The molecule has 0 amide bonds. The van der Waals surface area contributed by atoms with Crippen molar-refractivity contribution in [3.8, 4) is 16.9 Å². The number of aromatic nitrogens is 1. The monoisotopic (exact) mass is 312 g/mol. The summed E-state index contributed by atoms with van der Waals surface area (Å²) >= 11 is 0. The highest BCUT2D eigenvalue weighted by Gasteiger charge is 2.02. The van der Waals surface area contributed by atoms with Crippen molar-refractivity contribution in [3.05, 3.63) is 85.2 Å². The molecule has 0 atom stereocenters. The number of pyridine rings is 1. The topological polar surface area (TPSA) is 45.2 Å². The molecule has 1 aromatic heterocycles. The lowest BCUT2D eigenvalue weighted by Crippen LogP contribution is -1.92. The lowest BCUT2D eigenvalue weighted by Gasteiger charge is -2.09. The number of phenolic OH excluding ortho intramolecular Hbond substituents is 1. The first-order chi connectivity index (χ1) is 11.8. The summed E-state index contributed by atoms with van der Waals surface area (Å²) in [6.07, 6.45) is 3.59. The molecule has 24 heavy (non-hydrogen) atoms. The maximum atomic E-state index is 9.64. The number of phenols is 1. The third-order valence-electron chi connectivity index (χ3n) is 3.96. The number of benzene rings is 3. The zero-order valence-corrected chi connectivity index (χ0v) is 13.0. The van der Waals surface area contributed by atoms with E-state index < -0.39 is 0 Å².